The molecule has 9 atom stereocenters. The second kappa shape index (κ2) is 4.38. The molecule has 0 unspecified atom stereocenters. The Hall–Kier alpha value is -2.02. The van der Waals surface area contributed by atoms with Crippen molar-refractivity contribution in [3.05, 3.63) is 44.0 Å². The number of hydrogen-bond donors (Lipinski definition) is 0. The van der Waals surface area contributed by atoms with Gasteiger partial charge in [-0.2, -0.15) is 0 Å². The number of nitro benzene ring substituents is 2. The summed E-state index contributed by atoms with van der Waals surface area (Å²) in [5.41, 5.74) is -0.0427. The molecule has 5 saturated carbocycles. The highest BCUT2D eigenvalue weighted by atomic mass is 16.6. The average molecular weight is 342 g/mol. The third-order valence-corrected chi connectivity index (χ3v) is 7.95. The molecule has 0 radical (unpaired) electrons. The van der Waals surface area contributed by atoms with E-state index in [0.29, 0.717) is 11.5 Å². The van der Waals surface area contributed by atoms with Crippen molar-refractivity contribution in [2.45, 2.75) is 25.6 Å². The number of nitrogens with zero attached hydrogens (tertiary/aromatic N) is 2. The Bertz CT molecular complexity index is 826. The number of nitro groups is 2. The Morgan fingerprint density at radius 3 is 2.44 bits per heavy atom. The van der Waals surface area contributed by atoms with E-state index in [9.17, 15) is 20.2 Å². The molecule has 7 nitrogen and oxygen atoms in total. The second-order valence-corrected chi connectivity index (χ2v) is 8.53. The van der Waals surface area contributed by atoms with Crippen molar-refractivity contribution in [1.29, 1.82) is 0 Å². The van der Waals surface area contributed by atoms with Gasteiger partial charge in [-0.15, -0.1) is 0 Å². The van der Waals surface area contributed by atoms with Crippen LogP contribution in [0.25, 0.3) is 0 Å². The molecule has 0 saturated heterocycles. The first-order valence-electron chi connectivity index (χ1n) is 9.09. The molecule has 1 aromatic carbocycles. The van der Waals surface area contributed by atoms with Crippen molar-refractivity contribution in [1.82, 2.24) is 0 Å². The van der Waals surface area contributed by atoms with Crippen LogP contribution in [-0.4, -0.2) is 16.0 Å². The lowest BCUT2D eigenvalue weighted by Crippen LogP contribution is -2.59. The molecule has 0 amide bonds. The highest BCUT2D eigenvalue weighted by Crippen LogP contribution is 2.85. The first-order chi connectivity index (χ1) is 12.1. The number of fused-ring (bicyclic) bond motifs is 5. The maximum Gasteiger partial charge on any atom is 0.281 e. The smallest absolute Gasteiger partial charge is 0.281 e. The van der Waals surface area contributed by atoms with E-state index in [0.717, 1.165) is 53.9 Å². The van der Waals surface area contributed by atoms with Gasteiger partial charge in [0.1, 0.15) is 0 Å². The predicted molar refractivity (Wildman–Crippen MR) is 85.5 cm³/mol. The van der Waals surface area contributed by atoms with Gasteiger partial charge in [-0.3, -0.25) is 20.2 Å². The molecule has 5 aliphatic rings. The van der Waals surface area contributed by atoms with Gasteiger partial charge in [0.25, 0.3) is 11.4 Å². The van der Waals surface area contributed by atoms with Crippen molar-refractivity contribution in [2.75, 3.05) is 0 Å². The van der Waals surface area contributed by atoms with Gasteiger partial charge in [-0.05, 0) is 66.3 Å². The van der Waals surface area contributed by atoms with E-state index >= 15 is 0 Å². The molecular formula is C18H18N2O5. The van der Waals surface area contributed by atoms with Gasteiger partial charge in [0.2, 0.25) is 0 Å². The van der Waals surface area contributed by atoms with E-state index < -0.39 is 9.85 Å². The molecule has 5 aliphatic carbocycles. The minimum atomic E-state index is -0.608. The summed E-state index contributed by atoms with van der Waals surface area (Å²) in [6.45, 7) is 0.172. The highest BCUT2D eigenvalue weighted by Gasteiger charge is 2.82. The molecule has 130 valence electrons. The Balaban J connectivity index is 1.21. The molecule has 6 rings (SSSR count). The number of rotatable bonds is 5. The van der Waals surface area contributed by atoms with Crippen molar-refractivity contribution >= 4 is 11.4 Å². The van der Waals surface area contributed by atoms with E-state index in [-0.39, 0.29) is 24.1 Å². The Morgan fingerprint density at radius 2 is 1.68 bits per heavy atom. The van der Waals surface area contributed by atoms with Crippen LogP contribution >= 0.6 is 0 Å². The summed E-state index contributed by atoms with van der Waals surface area (Å²) in [5.74, 6) is 7.11. The molecule has 0 heterocycles. The minimum absolute atomic E-state index is 0.172. The Morgan fingerprint density at radius 1 is 0.920 bits per heavy atom. The summed E-state index contributed by atoms with van der Waals surface area (Å²) in [6, 6.07) is 3.82. The van der Waals surface area contributed by atoms with Crippen LogP contribution in [0.4, 0.5) is 11.4 Å². The number of ether oxygens (including phenoxy) is 1. The van der Waals surface area contributed by atoms with E-state index in [2.05, 4.69) is 0 Å². The summed E-state index contributed by atoms with van der Waals surface area (Å²) in [7, 11) is 0. The summed E-state index contributed by atoms with van der Waals surface area (Å²) < 4.78 is 6.16. The first-order valence-corrected chi connectivity index (χ1v) is 9.09. The average Bonchev–Trinajstić information content (AvgIpc) is 3.24. The van der Waals surface area contributed by atoms with Gasteiger partial charge in [0.05, 0.1) is 34.2 Å². The fraction of sp³-hybridized carbons (Fsp3) is 0.667. The molecule has 5 fully saturated rings. The Labute approximate surface area is 143 Å². The lowest BCUT2D eigenvalue weighted by molar-refractivity contribution is -0.394. The van der Waals surface area contributed by atoms with Gasteiger partial charge in [0, 0.05) is 6.07 Å². The van der Waals surface area contributed by atoms with Crippen LogP contribution < -0.4 is 0 Å². The molecular weight excluding hydrogens is 324 g/mol. The van der Waals surface area contributed by atoms with Crippen LogP contribution in [0, 0.1) is 67.6 Å². The van der Waals surface area contributed by atoms with E-state index in [1.54, 1.807) is 0 Å². The monoisotopic (exact) mass is 342 g/mol. The summed E-state index contributed by atoms with van der Waals surface area (Å²) >= 11 is 0. The largest absolute Gasteiger partial charge is 0.373 e. The van der Waals surface area contributed by atoms with E-state index in [4.69, 9.17) is 4.74 Å². The van der Waals surface area contributed by atoms with Gasteiger partial charge < -0.3 is 4.74 Å². The van der Waals surface area contributed by atoms with Crippen molar-refractivity contribution < 1.29 is 14.6 Å². The highest BCUT2D eigenvalue weighted by molar-refractivity contribution is 5.48. The zero-order valence-electron chi connectivity index (χ0n) is 13.5. The lowest BCUT2D eigenvalue weighted by atomic mass is 9.43. The second-order valence-electron chi connectivity index (χ2n) is 8.53. The molecule has 7 heteroatoms. The quantitative estimate of drug-likeness (QED) is 0.605. The Kier molecular flexibility index (Phi) is 2.49. The van der Waals surface area contributed by atoms with Crippen molar-refractivity contribution in [2.24, 2.45) is 47.3 Å². The van der Waals surface area contributed by atoms with Crippen LogP contribution in [-0.2, 0) is 11.3 Å². The molecule has 0 aliphatic heterocycles. The van der Waals surface area contributed by atoms with Gasteiger partial charge in [0.15, 0.2) is 0 Å². The molecule has 0 bridgehead atoms. The number of hydrogen-bond acceptors (Lipinski definition) is 5. The third-order valence-electron chi connectivity index (χ3n) is 7.95. The van der Waals surface area contributed by atoms with Gasteiger partial charge in [-0.25, -0.2) is 0 Å². The zero-order valence-corrected chi connectivity index (χ0v) is 13.5. The topological polar surface area (TPSA) is 95.5 Å². The van der Waals surface area contributed by atoms with Crippen LogP contribution in [0.5, 0.6) is 0 Å². The zero-order chi connectivity index (χ0) is 17.0. The fourth-order valence-electron chi connectivity index (χ4n) is 7.23. The lowest BCUT2D eigenvalue weighted by Gasteiger charge is -2.61. The predicted octanol–water partition coefficient (Wildman–Crippen LogP) is 3.17. The maximum atomic E-state index is 11.3. The fourth-order valence-corrected chi connectivity index (χ4v) is 7.23. The maximum absolute atomic E-state index is 11.3. The van der Waals surface area contributed by atoms with E-state index in [1.165, 1.54) is 18.6 Å². The van der Waals surface area contributed by atoms with Crippen LogP contribution in [0.1, 0.15) is 18.4 Å². The van der Waals surface area contributed by atoms with Gasteiger partial charge in [-0.1, -0.05) is 0 Å². The van der Waals surface area contributed by atoms with Crippen molar-refractivity contribution in [3.63, 3.8) is 0 Å². The summed E-state index contributed by atoms with van der Waals surface area (Å²) in [6.07, 6.45) is 2.75. The van der Waals surface area contributed by atoms with Gasteiger partial charge >= 0.3 is 0 Å². The molecule has 0 spiro atoms. The minimum Gasteiger partial charge on any atom is -0.373 e. The van der Waals surface area contributed by atoms with Crippen LogP contribution in [0.2, 0.25) is 0 Å². The SMILES string of the molecule is O=[N+]([O-])c1ccc(CO[C@@H]2C[C@@H]3[C@@H]4[C@@H]5C[C@@H]5[C@@H]5[C@@H]4[C@@H]3[C@H]52)c([N+](=O)[O-])c1. The third kappa shape index (κ3) is 1.60. The first kappa shape index (κ1) is 14.2. The number of benzene rings is 1. The van der Waals surface area contributed by atoms with Crippen molar-refractivity contribution in [3.8, 4) is 0 Å². The molecule has 1 aromatic rings. The molecule has 0 N–H and O–H groups in total. The summed E-state index contributed by atoms with van der Waals surface area (Å²) in [5, 5.41) is 22.1. The van der Waals surface area contributed by atoms with Crippen LogP contribution in [0.3, 0.4) is 0 Å². The molecule has 25 heavy (non-hydrogen) atoms. The normalized spacial score (nSPS) is 46.6. The van der Waals surface area contributed by atoms with Crippen LogP contribution in [0.15, 0.2) is 18.2 Å². The summed E-state index contributed by atoms with van der Waals surface area (Å²) in [4.78, 5) is 20.9. The standard InChI is InChI=1S/C18H18N2O5/c21-19(22)8-2-1-7(12(3-8)20(23)24)6-25-13-5-11-14-9-4-10(9)15-17(13)16(11)18(14)15/h1-3,9-11,13-18H,4-6H2/t9-,10+,11-,13-,14+,15+,16+,17+,18-/m1/s1. The molecule has 0 aromatic heterocycles. The number of non-ortho nitro benzene ring substituents is 1. The van der Waals surface area contributed by atoms with E-state index in [1.807, 2.05) is 0 Å².